The van der Waals surface area contributed by atoms with Gasteiger partial charge in [-0.15, -0.1) is 0 Å². The van der Waals surface area contributed by atoms with E-state index in [1.54, 1.807) is 41.4 Å². The number of nitrogens with zero attached hydrogens (tertiary/aromatic N) is 5. The summed E-state index contributed by atoms with van der Waals surface area (Å²) in [6.07, 6.45) is 5.18. The predicted octanol–water partition coefficient (Wildman–Crippen LogP) is 2.27. The molecule has 0 unspecified atom stereocenters. The van der Waals surface area contributed by atoms with Gasteiger partial charge in [-0.05, 0) is 43.4 Å². The molecule has 162 valence electrons. The maximum absolute atomic E-state index is 13.0. The molecule has 0 aromatic carbocycles. The van der Waals surface area contributed by atoms with Gasteiger partial charge in [-0.25, -0.2) is 18.4 Å². The second-order valence-electron chi connectivity index (χ2n) is 8.12. The second kappa shape index (κ2) is 7.90. The van der Waals surface area contributed by atoms with Crippen molar-refractivity contribution in [3.63, 3.8) is 0 Å². The van der Waals surface area contributed by atoms with Gasteiger partial charge in [0, 0.05) is 31.5 Å². The lowest BCUT2D eigenvalue weighted by Crippen LogP contribution is -2.35. The summed E-state index contributed by atoms with van der Waals surface area (Å²) >= 11 is 0. The molecular weight excluding hydrogens is 416 g/mol. The average Bonchev–Trinajstić information content (AvgIpc) is 3.52. The van der Waals surface area contributed by atoms with E-state index in [4.69, 9.17) is 0 Å². The Labute approximate surface area is 181 Å². The standard InChI is InChI=1S/C21H24N6O3S/c1-26(31(2,29)30)13-16-4-3-5-18(24-16)25-19-12-17(8-10-23-19)27-11-9-21(14-22,20(27)28)15-6-7-15/h3-5,8,10,12,15H,6-7,9,11,13H2,1-2H3,(H,23,24,25)/t21-/m1/s1. The molecule has 1 atom stereocenters. The van der Waals surface area contributed by atoms with E-state index in [0.717, 1.165) is 19.1 Å². The number of sulfonamides is 1. The van der Waals surface area contributed by atoms with E-state index in [1.807, 2.05) is 0 Å². The van der Waals surface area contributed by atoms with Crippen molar-refractivity contribution in [3.05, 3.63) is 42.2 Å². The van der Waals surface area contributed by atoms with Crippen molar-refractivity contribution in [2.24, 2.45) is 11.3 Å². The lowest BCUT2D eigenvalue weighted by molar-refractivity contribution is -0.123. The molecule has 2 aromatic rings. The van der Waals surface area contributed by atoms with Gasteiger partial charge >= 0.3 is 0 Å². The number of nitriles is 1. The van der Waals surface area contributed by atoms with E-state index < -0.39 is 15.4 Å². The normalized spacial score (nSPS) is 21.4. The number of aromatic nitrogens is 2. The van der Waals surface area contributed by atoms with Crippen LogP contribution in [0, 0.1) is 22.7 Å². The molecule has 2 aromatic heterocycles. The molecule has 10 heteroatoms. The van der Waals surface area contributed by atoms with Gasteiger partial charge in [0.1, 0.15) is 17.1 Å². The van der Waals surface area contributed by atoms with Crippen molar-refractivity contribution in [3.8, 4) is 6.07 Å². The number of carbonyl (C=O) groups excluding carboxylic acids is 1. The average molecular weight is 441 g/mol. The van der Waals surface area contributed by atoms with Crippen LogP contribution in [0.3, 0.4) is 0 Å². The highest BCUT2D eigenvalue weighted by atomic mass is 32.2. The van der Waals surface area contributed by atoms with Crippen LogP contribution in [-0.2, 0) is 21.4 Å². The van der Waals surface area contributed by atoms with Gasteiger partial charge in [0.15, 0.2) is 0 Å². The molecule has 2 fully saturated rings. The van der Waals surface area contributed by atoms with Crippen LogP contribution >= 0.6 is 0 Å². The molecule has 3 heterocycles. The Hall–Kier alpha value is -3.03. The van der Waals surface area contributed by atoms with Crippen LogP contribution in [0.1, 0.15) is 25.0 Å². The fourth-order valence-corrected chi connectivity index (χ4v) is 4.27. The predicted molar refractivity (Wildman–Crippen MR) is 116 cm³/mol. The van der Waals surface area contributed by atoms with Crippen molar-refractivity contribution in [1.82, 2.24) is 14.3 Å². The van der Waals surface area contributed by atoms with E-state index >= 15 is 0 Å². The van der Waals surface area contributed by atoms with Crippen LogP contribution in [0.25, 0.3) is 0 Å². The Bertz CT molecular complexity index is 1160. The van der Waals surface area contributed by atoms with E-state index in [2.05, 4.69) is 21.4 Å². The fraction of sp³-hybridized carbons (Fsp3) is 0.429. The van der Waals surface area contributed by atoms with Crippen LogP contribution in [0.5, 0.6) is 0 Å². The van der Waals surface area contributed by atoms with Gasteiger partial charge in [0.05, 0.1) is 24.6 Å². The molecule has 1 aliphatic carbocycles. The number of nitrogens with one attached hydrogen (secondary N) is 1. The molecular formula is C21H24N6O3S. The molecule has 0 spiro atoms. The Balaban J connectivity index is 1.51. The first-order valence-corrected chi connectivity index (χ1v) is 11.9. The van der Waals surface area contributed by atoms with Crippen molar-refractivity contribution < 1.29 is 13.2 Å². The molecule has 0 radical (unpaired) electrons. The van der Waals surface area contributed by atoms with Gasteiger partial charge in [0.2, 0.25) is 15.9 Å². The summed E-state index contributed by atoms with van der Waals surface area (Å²) in [6, 6.07) is 11.1. The summed E-state index contributed by atoms with van der Waals surface area (Å²) in [5, 5.41) is 12.8. The third-order valence-corrected chi connectivity index (χ3v) is 7.16. The smallest absolute Gasteiger partial charge is 0.247 e. The minimum atomic E-state index is -3.31. The van der Waals surface area contributed by atoms with Gasteiger partial charge in [-0.2, -0.15) is 9.57 Å². The molecule has 1 saturated carbocycles. The van der Waals surface area contributed by atoms with Crippen molar-refractivity contribution in [1.29, 1.82) is 5.26 Å². The molecule has 4 rings (SSSR count). The van der Waals surface area contributed by atoms with E-state index in [0.29, 0.717) is 36.0 Å². The largest absolute Gasteiger partial charge is 0.325 e. The van der Waals surface area contributed by atoms with Crippen LogP contribution in [-0.4, -0.2) is 48.4 Å². The molecule has 1 N–H and O–H groups in total. The highest BCUT2D eigenvalue weighted by Gasteiger charge is 2.56. The molecule has 31 heavy (non-hydrogen) atoms. The van der Waals surface area contributed by atoms with Gasteiger partial charge in [-0.3, -0.25) is 4.79 Å². The SMILES string of the molecule is CN(Cc1cccc(Nc2cc(N3CC[C@@](C#N)(C4CC4)C3=O)ccn2)n1)S(C)(=O)=O. The summed E-state index contributed by atoms with van der Waals surface area (Å²) < 4.78 is 24.5. The molecule has 2 aliphatic rings. The third-order valence-electron chi connectivity index (χ3n) is 5.90. The summed E-state index contributed by atoms with van der Waals surface area (Å²) in [4.78, 5) is 23.5. The van der Waals surface area contributed by atoms with Crippen LogP contribution in [0.15, 0.2) is 36.5 Å². The number of carbonyl (C=O) groups is 1. The summed E-state index contributed by atoms with van der Waals surface area (Å²) in [7, 11) is -1.81. The van der Waals surface area contributed by atoms with Crippen LogP contribution in [0.2, 0.25) is 0 Å². The number of hydrogen-bond acceptors (Lipinski definition) is 7. The topological polar surface area (TPSA) is 119 Å². The highest BCUT2D eigenvalue weighted by molar-refractivity contribution is 7.88. The van der Waals surface area contributed by atoms with Crippen molar-refractivity contribution in [2.75, 3.05) is 30.1 Å². The van der Waals surface area contributed by atoms with E-state index in [1.165, 1.54) is 11.4 Å². The van der Waals surface area contributed by atoms with E-state index in [9.17, 15) is 18.5 Å². The second-order valence-corrected chi connectivity index (χ2v) is 10.2. The zero-order valence-electron chi connectivity index (χ0n) is 17.4. The Kier molecular flexibility index (Phi) is 5.41. The Morgan fingerprint density at radius 3 is 2.77 bits per heavy atom. The minimum Gasteiger partial charge on any atom is -0.325 e. The highest BCUT2D eigenvalue weighted by Crippen LogP contribution is 2.51. The maximum Gasteiger partial charge on any atom is 0.247 e. The molecule has 1 aliphatic heterocycles. The first-order valence-electron chi connectivity index (χ1n) is 10.1. The number of pyridine rings is 2. The first kappa shape index (κ1) is 21.2. The number of hydrogen-bond donors (Lipinski definition) is 1. The summed E-state index contributed by atoms with van der Waals surface area (Å²) in [6.45, 7) is 0.666. The zero-order chi connectivity index (χ0) is 22.2. The monoisotopic (exact) mass is 440 g/mol. The Morgan fingerprint density at radius 2 is 2.10 bits per heavy atom. The molecule has 1 saturated heterocycles. The first-order chi connectivity index (χ1) is 14.7. The van der Waals surface area contributed by atoms with Crippen LogP contribution < -0.4 is 10.2 Å². The third kappa shape index (κ3) is 4.24. The molecule has 0 bridgehead atoms. The molecule has 1 amide bonds. The van der Waals surface area contributed by atoms with Gasteiger partial charge in [-0.1, -0.05) is 6.07 Å². The van der Waals surface area contributed by atoms with Crippen molar-refractivity contribution >= 4 is 33.3 Å². The Morgan fingerprint density at radius 1 is 1.32 bits per heavy atom. The lowest BCUT2D eigenvalue weighted by Gasteiger charge is -2.21. The van der Waals surface area contributed by atoms with Crippen molar-refractivity contribution in [2.45, 2.75) is 25.8 Å². The van der Waals surface area contributed by atoms with Gasteiger partial charge in [0.25, 0.3) is 0 Å². The number of amides is 1. The van der Waals surface area contributed by atoms with Gasteiger partial charge < -0.3 is 10.2 Å². The maximum atomic E-state index is 13.0. The van der Waals surface area contributed by atoms with Crippen LogP contribution in [0.4, 0.5) is 17.3 Å². The molecule has 9 nitrogen and oxygen atoms in total. The summed E-state index contributed by atoms with van der Waals surface area (Å²) in [5.41, 5.74) is 0.388. The fourth-order valence-electron chi connectivity index (χ4n) is 3.90. The quantitative estimate of drug-likeness (QED) is 0.701. The zero-order valence-corrected chi connectivity index (χ0v) is 18.3. The number of rotatable bonds is 7. The number of anilines is 3. The lowest BCUT2D eigenvalue weighted by atomic mass is 9.83. The van der Waals surface area contributed by atoms with E-state index in [-0.39, 0.29) is 18.4 Å². The minimum absolute atomic E-state index is 0.126. The summed E-state index contributed by atoms with van der Waals surface area (Å²) in [5.74, 6) is 1.07.